The van der Waals surface area contributed by atoms with Gasteiger partial charge in [-0.3, -0.25) is 0 Å². The Morgan fingerprint density at radius 2 is 1.95 bits per heavy atom. The van der Waals surface area contributed by atoms with E-state index in [1.165, 1.54) is 17.8 Å². The molecule has 2 rings (SSSR count). The van der Waals surface area contributed by atoms with Crippen LogP contribution in [0.25, 0.3) is 0 Å². The van der Waals surface area contributed by atoms with Gasteiger partial charge < -0.3 is 10.9 Å². The molecule has 2 aromatic rings. The van der Waals surface area contributed by atoms with Crippen LogP contribution in [-0.4, -0.2) is 11.0 Å². The number of halogens is 1. The van der Waals surface area contributed by atoms with Crippen LogP contribution in [0.2, 0.25) is 0 Å². The molecule has 0 fully saturated rings. The van der Waals surface area contributed by atoms with Crippen LogP contribution in [0.4, 0.5) is 4.39 Å². The smallest absolute Gasteiger partial charge is 0.174 e. The zero-order valence-electron chi connectivity index (χ0n) is 11.2. The molecule has 3 N–H and O–H groups in total. The van der Waals surface area contributed by atoms with Crippen LogP contribution >= 0.6 is 11.8 Å². The van der Waals surface area contributed by atoms with Gasteiger partial charge >= 0.3 is 0 Å². The second kappa shape index (κ2) is 5.96. The van der Waals surface area contributed by atoms with Crippen LogP contribution in [-0.2, 0) is 0 Å². The van der Waals surface area contributed by atoms with Gasteiger partial charge in [-0.25, -0.2) is 4.39 Å². The first kappa shape index (κ1) is 14.4. The lowest BCUT2D eigenvalue weighted by atomic mass is 10.2. The van der Waals surface area contributed by atoms with Crippen molar-refractivity contribution in [2.45, 2.75) is 23.6 Å². The standard InChI is InChI=1S/C15H15FN2OS/c1-9-6-7-10(2)13(8-9)20-12-5-3-4-11(16)14(12)15(17)18-19/h3-8,19H,1-2H3,(H2,17,18). The van der Waals surface area contributed by atoms with Gasteiger partial charge in [0.1, 0.15) is 5.82 Å². The molecule has 104 valence electrons. The molecule has 0 aliphatic carbocycles. The Kier molecular flexibility index (Phi) is 4.29. The lowest BCUT2D eigenvalue weighted by Crippen LogP contribution is -2.16. The Hall–Kier alpha value is -2.01. The van der Waals surface area contributed by atoms with E-state index in [0.29, 0.717) is 4.90 Å². The van der Waals surface area contributed by atoms with Crippen molar-refractivity contribution in [2.75, 3.05) is 0 Å². The molecule has 0 radical (unpaired) electrons. The predicted molar refractivity (Wildman–Crippen MR) is 78.9 cm³/mol. The van der Waals surface area contributed by atoms with Gasteiger partial charge in [0.05, 0.1) is 5.56 Å². The summed E-state index contributed by atoms with van der Waals surface area (Å²) in [5.41, 5.74) is 7.91. The minimum absolute atomic E-state index is 0.126. The molecular weight excluding hydrogens is 275 g/mol. The van der Waals surface area contributed by atoms with Crippen molar-refractivity contribution in [1.82, 2.24) is 0 Å². The van der Waals surface area contributed by atoms with E-state index in [4.69, 9.17) is 10.9 Å². The topological polar surface area (TPSA) is 58.6 Å². The lowest BCUT2D eigenvalue weighted by molar-refractivity contribution is 0.318. The second-order valence-electron chi connectivity index (χ2n) is 4.47. The van der Waals surface area contributed by atoms with Crippen molar-refractivity contribution in [3.05, 3.63) is 58.9 Å². The van der Waals surface area contributed by atoms with Gasteiger partial charge in [-0.05, 0) is 43.2 Å². The van der Waals surface area contributed by atoms with Crippen molar-refractivity contribution in [3.8, 4) is 0 Å². The summed E-state index contributed by atoms with van der Waals surface area (Å²) in [7, 11) is 0. The molecule has 0 aromatic heterocycles. The number of hydrogen-bond donors (Lipinski definition) is 2. The van der Waals surface area contributed by atoms with Crippen LogP contribution in [0, 0.1) is 19.7 Å². The first-order valence-electron chi connectivity index (χ1n) is 6.04. The summed E-state index contributed by atoms with van der Waals surface area (Å²) in [6.07, 6.45) is 0. The molecule has 3 nitrogen and oxygen atoms in total. The fourth-order valence-corrected chi connectivity index (χ4v) is 2.99. The molecular formula is C15H15FN2OS. The molecule has 0 saturated carbocycles. The summed E-state index contributed by atoms with van der Waals surface area (Å²) < 4.78 is 13.9. The number of benzene rings is 2. The molecule has 0 saturated heterocycles. The number of rotatable bonds is 3. The number of aryl methyl sites for hydroxylation is 2. The van der Waals surface area contributed by atoms with E-state index in [1.807, 2.05) is 32.0 Å². The summed E-state index contributed by atoms with van der Waals surface area (Å²) in [6, 6.07) is 10.7. The van der Waals surface area contributed by atoms with Crippen LogP contribution < -0.4 is 5.73 Å². The molecule has 0 atom stereocenters. The highest BCUT2D eigenvalue weighted by atomic mass is 32.2. The fourth-order valence-electron chi connectivity index (χ4n) is 1.82. The van der Waals surface area contributed by atoms with E-state index >= 15 is 0 Å². The molecule has 2 aromatic carbocycles. The average molecular weight is 290 g/mol. The van der Waals surface area contributed by atoms with E-state index in [9.17, 15) is 4.39 Å². The van der Waals surface area contributed by atoms with Crippen molar-refractivity contribution >= 4 is 17.6 Å². The van der Waals surface area contributed by atoms with E-state index in [2.05, 4.69) is 5.16 Å². The van der Waals surface area contributed by atoms with E-state index in [-0.39, 0.29) is 11.4 Å². The maximum Gasteiger partial charge on any atom is 0.174 e. The number of hydrogen-bond acceptors (Lipinski definition) is 3. The number of oxime groups is 1. The fraction of sp³-hybridized carbons (Fsp3) is 0.133. The van der Waals surface area contributed by atoms with Crippen molar-refractivity contribution in [2.24, 2.45) is 10.9 Å². The van der Waals surface area contributed by atoms with E-state index < -0.39 is 5.82 Å². The van der Waals surface area contributed by atoms with Gasteiger partial charge in [0, 0.05) is 9.79 Å². The summed E-state index contributed by atoms with van der Waals surface area (Å²) in [6.45, 7) is 3.99. The maximum atomic E-state index is 13.9. The first-order valence-corrected chi connectivity index (χ1v) is 6.86. The summed E-state index contributed by atoms with van der Waals surface area (Å²) in [5.74, 6) is -0.730. The van der Waals surface area contributed by atoms with Crippen LogP contribution in [0.5, 0.6) is 0 Å². The molecule has 0 amide bonds. The molecule has 0 aliphatic rings. The predicted octanol–water partition coefficient (Wildman–Crippen LogP) is 3.69. The molecule has 0 aliphatic heterocycles. The Morgan fingerprint density at radius 3 is 2.65 bits per heavy atom. The van der Waals surface area contributed by atoms with Crippen LogP contribution in [0.15, 0.2) is 51.3 Å². The maximum absolute atomic E-state index is 13.9. The van der Waals surface area contributed by atoms with Crippen molar-refractivity contribution in [1.29, 1.82) is 0 Å². The van der Waals surface area contributed by atoms with Crippen LogP contribution in [0.3, 0.4) is 0 Å². The highest BCUT2D eigenvalue weighted by Gasteiger charge is 2.14. The number of amidine groups is 1. The molecule has 5 heteroatoms. The Bertz CT molecular complexity index is 671. The second-order valence-corrected chi connectivity index (χ2v) is 5.55. The van der Waals surface area contributed by atoms with Crippen molar-refractivity contribution in [3.63, 3.8) is 0 Å². The highest BCUT2D eigenvalue weighted by Crippen LogP contribution is 2.34. The van der Waals surface area contributed by atoms with E-state index in [0.717, 1.165) is 16.0 Å². The Morgan fingerprint density at radius 1 is 1.20 bits per heavy atom. The average Bonchev–Trinajstić information content (AvgIpc) is 2.42. The van der Waals surface area contributed by atoms with Crippen LogP contribution in [0.1, 0.15) is 16.7 Å². The third-order valence-corrected chi connectivity index (χ3v) is 4.12. The van der Waals surface area contributed by atoms with Gasteiger partial charge in [0.15, 0.2) is 5.84 Å². The minimum Gasteiger partial charge on any atom is -0.409 e. The van der Waals surface area contributed by atoms with E-state index in [1.54, 1.807) is 12.1 Å². The number of nitrogens with two attached hydrogens (primary N) is 1. The highest BCUT2D eigenvalue weighted by molar-refractivity contribution is 7.99. The zero-order valence-corrected chi connectivity index (χ0v) is 12.0. The summed E-state index contributed by atoms with van der Waals surface area (Å²) >= 11 is 1.40. The molecule has 0 spiro atoms. The van der Waals surface area contributed by atoms with Gasteiger partial charge in [-0.15, -0.1) is 0 Å². The SMILES string of the molecule is Cc1ccc(C)c(Sc2cccc(F)c2C(N)=NO)c1. The normalized spacial score (nSPS) is 11.7. The van der Waals surface area contributed by atoms with Crippen molar-refractivity contribution < 1.29 is 9.60 Å². The van der Waals surface area contributed by atoms with Gasteiger partial charge in [-0.2, -0.15) is 0 Å². The van der Waals surface area contributed by atoms with Gasteiger partial charge in [0.2, 0.25) is 0 Å². The minimum atomic E-state index is -0.504. The molecule has 0 bridgehead atoms. The summed E-state index contributed by atoms with van der Waals surface area (Å²) in [5, 5.41) is 11.7. The molecule has 20 heavy (non-hydrogen) atoms. The molecule has 0 unspecified atom stereocenters. The third kappa shape index (κ3) is 2.93. The Balaban J connectivity index is 2.49. The largest absolute Gasteiger partial charge is 0.409 e. The van der Waals surface area contributed by atoms with Gasteiger partial charge in [0.25, 0.3) is 0 Å². The summed E-state index contributed by atoms with van der Waals surface area (Å²) in [4.78, 5) is 1.64. The molecule has 0 heterocycles. The Labute approximate surface area is 121 Å². The third-order valence-electron chi connectivity index (χ3n) is 2.90. The lowest BCUT2D eigenvalue weighted by Gasteiger charge is -2.11. The first-order chi connectivity index (χ1) is 9.52. The zero-order chi connectivity index (χ0) is 14.7. The van der Waals surface area contributed by atoms with Gasteiger partial charge in [-0.1, -0.05) is 35.1 Å². The number of nitrogens with zero attached hydrogens (tertiary/aromatic N) is 1. The monoisotopic (exact) mass is 290 g/mol. The quantitative estimate of drug-likeness (QED) is 0.392.